The number of rotatable bonds is 4. The lowest BCUT2D eigenvalue weighted by molar-refractivity contribution is -0.137. The number of hydrogen-bond donors (Lipinski definition) is 1. The van der Waals surface area contributed by atoms with Gasteiger partial charge in [0.15, 0.2) is 5.82 Å². The van der Waals surface area contributed by atoms with Gasteiger partial charge >= 0.3 is 5.97 Å². The molecule has 0 radical (unpaired) electrons. The highest BCUT2D eigenvalue weighted by Crippen LogP contribution is 2.25. The van der Waals surface area contributed by atoms with E-state index in [-0.39, 0.29) is 11.4 Å². The Hall–Kier alpha value is -0.610. The first-order valence-corrected chi connectivity index (χ1v) is 5.53. The molecule has 2 nitrogen and oxygen atoms in total. The Morgan fingerprint density at radius 2 is 2.20 bits per heavy atom. The Morgan fingerprint density at radius 3 is 2.73 bits per heavy atom. The number of carboxylic acid groups (broad SMARTS) is 1. The van der Waals surface area contributed by atoms with E-state index < -0.39 is 11.8 Å². The highest BCUT2D eigenvalue weighted by atomic mass is 79.9. The molecule has 0 saturated heterocycles. The van der Waals surface area contributed by atoms with Crippen molar-refractivity contribution in [3.05, 3.63) is 33.0 Å². The lowest BCUT2D eigenvalue weighted by atomic mass is 10.1. The number of hydrogen-bond acceptors (Lipinski definition) is 1. The highest BCUT2D eigenvalue weighted by Gasteiger charge is 2.07. The predicted octanol–water partition coefficient (Wildman–Crippen LogP) is 3.65. The summed E-state index contributed by atoms with van der Waals surface area (Å²) in [6.07, 6.45) is 1.20. The van der Waals surface area contributed by atoms with Crippen LogP contribution in [0.1, 0.15) is 18.4 Å². The van der Waals surface area contributed by atoms with Crippen LogP contribution >= 0.6 is 27.5 Å². The van der Waals surface area contributed by atoms with Crippen LogP contribution in [0.25, 0.3) is 0 Å². The highest BCUT2D eigenvalue weighted by molar-refractivity contribution is 9.10. The molecule has 0 aromatic heterocycles. The van der Waals surface area contributed by atoms with Gasteiger partial charge in [-0.3, -0.25) is 4.79 Å². The molecule has 0 heterocycles. The van der Waals surface area contributed by atoms with Crippen molar-refractivity contribution >= 4 is 33.5 Å². The van der Waals surface area contributed by atoms with Crippen molar-refractivity contribution in [2.24, 2.45) is 0 Å². The van der Waals surface area contributed by atoms with E-state index in [4.69, 9.17) is 16.7 Å². The normalized spacial score (nSPS) is 10.3. The summed E-state index contributed by atoms with van der Waals surface area (Å²) in [6.45, 7) is 0. The molecule has 1 rings (SSSR count). The molecule has 0 amide bonds. The fourth-order valence-corrected chi connectivity index (χ4v) is 2.06. The molecule has 0 saturated carbocycles. The molecule has 1 N–H and O–H groups in total. The third-order valence-electron chi connectivity index (χ3n) is 1.90. The maximum Gasteiger partial charge on any atom is 0.303 e. The summed E-state index contributed by atoms with van der Waals surface area (Å²) in [4.78, 5) is 10.3. The van der Waals surface area contributed by atoms with E-state index in [2.05, 4.69) is 15.9 Å². The zero-order chi connectivity index (χ0) is 11.4. The summed E-state index contributed by atoms with van der Waals surface area (Å²) in [5, 5.41) is 8.50. The monoisotopic (exact) mass is 294 g/mol. The predicted molar refractivity (Wildman–Crippen MR) is 59.7 cm³/mol. The van der Waals surface area contributed by atoms with Gasteiger partial charge in [0.05, 0.1) is 9.50 Å². The van der Waals surface area contributed by atoms with Crippen LogP contribution in [0.4, 0.5) is 4.39 Å². The molecule has 0 spiro atoms. The molecule has 1 aromatic carbocycles. The van der Waals surface area contributed by atoms with Crippen molar-refractivity contribution in [2.45, 2.75) is 19.3 Å². The van der Waals surface area contributed by atoms with Gasteiger partial charge in [-0.1, -0.05) is 11.6 Å². The number of halogens is 3. The number of carbonyl (C=O) groups is 1. The van der Waals surface area contributed by atoms with Gasteiger partial charge in [-0.15, -0.1) is 0 Å². The quantitative estimate of drug-likeness (QED) is 0.861. The smallest absolute Gasteiger partial charge is 0.303 e. The second-order valence-corrected chi connectivity index (χ2v) is 4.38. The van der Waals surface area contributed by atoms with Crippen LogP contribution in [0, 0.1) is 5.82 Å². The van der Waals surface area contributed by atoms with Gasteiger partial charge in [-0.25, -0.2) is 4.39 Å². The van der Waals surface area contributed by atoms with E-state index in [9.17, 15) is 9.18 Å². The van der Waals surface area contributed by atoms with Crippen LogP contribution < -0.4 is 0 Å². The van der Waals surface area contributed by atoms with Crippen molar-refractivity contribution in [1.82, 2.24) is 0 Å². The third kappa shape index (κ3) is 3.80. The third-order valence-corrected chi connectivity index (χ3v) is 2.75. The molecule has 15 heavy (non-hydrogen) atoms. The van der Waals surface area contributed by atoms with Gasteiger partial charge in [-0.2, -0.15) is 0 Å². The van der Waals surface area contributed by atoms with Crippen LogP contribution in [-0.2, 0) is 11.2 Å². The molecule has 82 valence electrons. The zero-order valence-corrected chi connectivity index (χ0v) is 10.1. The summed E-state index contributed by atoms with van der Waals surface area (Å²) in [5.41, 5.74) is 0.828. The minimum Gasteiger partial charge on any atom is -0.481 e. The van der Waals surface area contributed by atoms with E-state index in [0.717, 1.165) is 5.56 Å². The molecule has 0 unspecified atom stereocenters. The van der Waals surface area contributed by atoms with Crippen molar-refractivity contribution < 1.29 is 14.3 Å². The fourth-order valence-electron chi connectivity index (χ4n) is 1.20. The second kappa shape index (κ2) is 5.47. The first-order chi connectivity index (χ1) is 7.00. The van der Waals surface area contributed by atoms with Crippen LogP contribution in [0.2, 0.25) is 5.02 Å². The Labute approximate surface area is 100 Å². The maximum atomic E-state index is 13.1. The molecule has 0 aliphatic heterocycles. The van der Waals surface area contributed by atoms with Crippen LogP contribution in [0.15, 0.2) is 16.6 Å². The topological polar surface area (TPSA) is 37.3 Å². The first kappa shape index (κ1) is 12.5. The average molecular weight is 296 g/mol. The lowest BCUT2D eigenvalue weighted by Gasteiger charge is -2.03. The van der Waals surface area contributed by atoms with Crippen LogP contribution in [-0.4, -0.2) is 11.1 Å². The summed E-state index contributed by atoms with van der Waals surface area (Å²) < 4.78 is 13.4. The summed E-state index contributed by atoms with van der Waals surface area (Å²) in [5.74, 6) is -1.32. The minimum absolute atomic E-state index is 0.0506. The van der Waals surface area contributed by atoms with Crippen molar-refractivity contribution in [1.29, 1.82) is 0 Å². The van der Waals surface area contributed by atoms with Crippen molar-refractivity contribution in [3.8, 4) is 0 Å². The Bertz CT molecular complexity index is 359. The summed E-state index contributed by atoms with van der Waals surface area (Å²) in [6, 6.07) is 3.13. The molecule has 0 bridgehead atoms. The summed E-state index contributed by atoms with van der Waals surface area (Å²) >= 11 is 8.68. The molecule has 5 heteroatoms. The molecular weight excluding hydrogens is 286 g/mol. The molecule has 1 aromatic rings. The van der Waals surface area contributed by atoms with Crippen LogP contribution in [0.5, 0.6) is 0 Å². The van der Waals surface area contributed by atoms with Crippen LogP contribution in [0.3, 0.4) is 0 Å². The van der Waals surface area contributed by atoms with Gasteiger partial charge in [0.25, 0.3) is 0 Å². The largest absolute Gasteiger partial charge is 0.481 e. The molecule has 0 aliphatic carbocycles. The van der Waals surface area contributed by atoms with Gasteiger partial charge in [0.2, 0.25) is 0 Å². The van der Waals surface area contributed by atoms with E-state index in [1.807, 2.05) is 0 Å². The molecule has 0 aliphatic rings. The molecule has 0 atom stereocenters. The van der Waals surface area contributed by atoms with Crippen molar-refractivity contribution in [2.75, 3.05) is 0 Å². The van der Waals surface area contributed by atoms with E-state index in [0.29, 0.717) is 17.3 Å². The lowest BCUT2D eigenvalue weighted by Crippen LogP contribution is -1.96. The fraction of sp³-hybridized carbons (Fsp3) is 0.300. The number of aliphatic carboxylic acids is 1. The van der Waals surface area contributed by atoms with E-state index in [1.54, 1.807) is 6.07 Å². The van der Waals surface area contributed by atoms with Gasteiger partial charge in [0.1, 0.15) is 0 Å². The Morgan fingerprint density at radius 1 is 1.53 bits per heavy atom. The number of carboxylic acids is 1. The van der Waals surface area contributed by atoms with E-state index >= 15 is 0 Å². The zero-order valence-electron chi connectivity index (χ0n) is 7.77. The van der Waals surface area contributed by atoms with Gasteiger partial charge in [-0.05, 0) is 46.5 Å². The Balaban J connectivity index is 2.66. The van der Waals surface area contributed by atoms with E-state index in [1.165, 1.54) is 6.07 Å². The van der Waals surface area contributed by atoms with Gasteiger partial charge in [0, 0.05) is 6.42 Å². The standard InChI is InChI=1S/C10H9BrClFO2/c11-7-4-6(2-1-3-9(14)15)5-8(12)10(7)13/h4-5H,1-3H2,(H,14,15). The number of benzene rings is 1. The summed E-state index contributed by atoms with van der Waals surface area (Å²) in [7, 11) is 0. The number of aryl methyl sites for hydroxylation is 1. The Kier molecular flexibility index (Phi) is 4.54. The van der Waals surface area contributed by atoms with Gasteiger partial charge < -0.3 is 5.11 Å². The minimum atomic E-state index is -0.831. The molecule has 0 fully saturated rings. The maximum absolute atomic E-state index is 13.1. The van der Waals surface area contributed by atoms with Crippen molar-refractivity contribution in [3.63, 3.8) is 0 Å². The molecular formula is C10H9BrClFO2. The average Bonchev–Trinajstić information content (AvgIpc) is 2.13. The second-order valence-electron chi connectivity index (χ2n) is 3.12. The first-order valence-electron chi connectivity index (χ1n) is 4.36. The SMILES string of the molecule is O=C(O)CCCc1cc(Cl)c(F)c(Br)c1.